The average Bonchev–Trinajstić information content (AvgIpc) is 3.39. The van der Waals surface area contributed by atoms with E-state index in [4.69, 9.17) is 5.73 Å². The molecule has 3 heterocycles. The number of rotatable bonds is 8. The summed E-state index contributed by atoms with van der Waals surface area (Å²) in [5, 5.41) is 5.91. The number of aryl methyl sites for hydroxylation is 1. The van der Waals surface area contributed by atoms with E-state index in [0.29, 0.717) is 44.6 Å². The average molecular weight is 464 g/mol. The van der Waals surface area contributed by atoms with Crippen LogP contribution in [0, 0.1) is 0 Å². The van der Waals surface area contributed by atoms with Gasteiger partial charge in [0.05, 0.1) is 6.04 Å². The number of benzene rings is 1. The normalized spacial score (nSPS) is 17.7. The standard InChI is InChI=1S/C25H33N7O2/c26-12-17-31(25(34)32-23(11-13-29-32)20-8-3-1-4-9-20)16-7-10-21-18-22(28-19-27-21)24(33)30-14-5-2-6-15-30/h1,3-4,8-9,13,18-19,23H,2,5-7,10-12,14-17,26H2. The number of piperidine rings is 1. The molecule has 1 aromatic heterocycles. The maximum Gasteiger partial charge on any atom is 0.341 e. The fourth-order valence-electron chi connectivity index (χ4n) is 4.52. The third kappa shape index (κ3) is 5.77. The van der Waals surface area contributed by atoms with E-state index in [1.165, 1.54) is 12.7 Å². The first-order valence-electron chi connectivity index (χ1n) is 12.1. The first-order chi connectivity index (χ1) is 16.7. The highest BCUT2D eigenvalue weighted by atomic mass is 16.2. The molecule has 0 spiro atoms. The molecule has 34 heavy (non-hydrogen) atoms. The topological polar surface area (TPSA) is 108 Å². The number of hydrogen-bond donors (Lipinski definition) is 1. The Morgan fingerprint density at radius 1 is 1.06 bits per heavy atom. The Morgan fingerprint density at radius 2 is 1.85 bits per heavy atom. The van der Waals surface area contributed by atoms with Gasteiger partial charge in [0.25, 0.3) is 5.91 Å². The monoisotopic (exact) mass is 463 g/mol. The summed E-state index contributed by atoms with van der Waals surface area (Å²) in [5.41, 5.74) is 8.11. The SMILES string of the molecule is NCCN(CCCc1cc(C(=O)N2CCCCC2)ncn1)C(=O)N1N=CCC1c1ccccc1. The van der Waals surface area contributed by atoms with Crippen LogP contribution in [0.5, 0.6) is 0 Å². The lowest BCUT2D eigenvalue weighted by atomic mass is 10.1. The van der Waals surface area contributed by atoms with Gasteiger partial charge in [-0.25, -0.2) is 19.8 Å². The van der Waals surface area contributed by atoms with Gasteiger partial charge in [0, 0.05) is 51.1 Å². The van der Waals surface area contributed by atoms with Crippen molar-refractivity contribution in [1.29, 1.82) is 0 Å². The Kier molecular flexibility index (Phi) is 8.19. The molecule has 9 heteroatoms. The van der Waals surface area contributed by atoms with Crippen molar-refractivity contribution < 1.29 is 9.59 Å². The number of aromatic nitrogens is 2. The fourth-order valence-corrected chi connectivity index (χ4v) is 4.52. The molecule has 2 aliphatic rings. The van der Waals surface area contributed by atoms with Gasteiger partial charge >= 0.3 is 6.03 Å². The van der Waals surface area contributed by atoms with Crippen molar-refractivity contribution in [3.63, 3.8) is 0 Å². The number of nitrogens with two attached hydrogens (primary N) is 1. The van der Waals surface area contributed by atoms with Gasteiger partial charge in [0.15, 0.2) is 0 Å². The first-order valence-corrected chi connectivity index (χ1v) is 12.1. The molecule has 0 radical (unpaired) electrons. The van der Waals surface area contributed by atoms with E-state index < -0.39 is 0 Å². The molecule has 0 aliphatic carbocycles. The fraction of sp³-hybridized carbons (Fsp3) is 0.480. The molecule has 1 saturated heterocycles. The highest BCUT2D eigenvalue weighted by Gasteiger charge is 2.31. The third-order valence-corrected chi connectivity index (χ3v) is 6.33. The van der Waals surface area contributed by atoms with E-state index in [1.54, 1.807) is 22.2 Å². The van der Waals surface area contributed by atoms with Gasteiger partial charge < -0.3 is 15.5 Å². The molecular weight excluding hydrogens is 430 g/mol. The summed E-state index contributed by atoms with van der Waals surface area (Å²) in [5.74, 6) is -0.0258. The number of amides is 3. The zero-order chi connectivity index (χ0) is 23.8. The smallest absolute Gasteiger partial charge is 0.337 e. The van der Waals surface area contributed by atoms with Crippen LogP contribution < -0.4 is 5.73 Å². The van der Waals surface area contributed by atoms with Crippen LogP contribution in [0.2, 0.25) is 0 Å². The lowest BCUT2D eigenvalue weighted by molar-refractivity contribution is 0.0718. The number of urea groups is 1. The summed E-state index contributed by atoms with van der Waals surface area (Å²) in [6.07, 6.45) is 8.54. The summed E-state index contributed by atoms with van der Waals surface area (Å²) in [6.45, 7) is 2.94. The Morgan fingerprint density at radius 3 is 2.62 bits per heavy atom. The highest BCUT2D eigenvalue weighted by Crippen LogP contribution is 2.29. The van der Waals surface area contributed by atoms with Gasteiger partial charge in [-0.3, -0.25) is 4.79 Å². The molecule has 4 rings (SSSR count). The second kappa shape index (κ2) is 11.7. The molecule has 2 aromatic rings. The van der Waals surface area contributed by atoms with Crippen molar-refractivity contribution in [3.8, 4) is 0 Å². The molecular formula is C25H33N7O2. The van der Waals surface area contributed by atoms with Gasteiger partial charge in [-0.15, -0.1) is 0 Å². The summed E-state index contributed by atoms with van der Waals surface area (Å²) in [4.78, 5) is 38.2. The maximum atomic E-state index is 13.3. The summed E-state index contributed by atoms with van der Waals surface area (Å²) in [7, 11) is 0. The van der Waals surface area contributed by atoms with Gasteiger partial charge in [0.1, 0.15) is 12.0 Å². The molecule has 180 valence electrons. The number of carbonyl (C=O) groups is 2. The number of likely N-dealkylation sites (tertiary alicyclic amines) is 1. The number of carbonyl (C=O) groups excluding carboxylic acids is 2. The molecule has 1 unspecified atom stereocenters. The predicted octanol–water partition coefficient (Wildman–Crippen LogP) is 2.85. The second-order valence-electron chi connectivity index (χ2n) is 8.71. The van der Waals surface area contributed by atoms with Crippen molar-refractivity contribution in [3.05, 3.63) is 59.7 Å². The number of hydrazone groups is 1. The van der Waals surface area contributed by atoms with Crippen LogP contribution >= 0.6 is 0 Å². The summed E-state index contributed by atoms with van der Waals surface area (Å²) in [6, 6.07) is 11.5. The molecule has 3 amide bonds. The molecule has 9 nitrogen and oxygen atoms in total. The molecule has 0 saturated carbocycles. The Bertz CT molecular complexity index is 992. The molecule has 2 aliphatic heterocycles. The van der Waals surface area contributed by atoms with E-state index in [9.17, 15) is 9.59 Å². The summed E-state index contributed by atoms with van der Waals surface area (Å²) < 4.78 is 0. The zero-order valence-corrected chi connectivity index (χ0v) is 19.6. The Labute approximate surface area is 200 Å². The van der Waals surface area contributed by atoms with E-state index >= 15 is 0 Å². The minimum Gasteiger partial charge on any atom is -0.337 e. The minimum absolute atomic E-state index is 0.0258. The largest absolute Gasteiger partial charge is 0.341 e. The lowest BCUT2D eigenvalue weighted by Gasteiger charge is -2.29. The van der Waals surface area contributed by atoms with Crippen LogP contribution in [0.3, 0.4) is 0 Å². The summed E-state index contributed by atoms with van der Waals surface area (Å²) >= 11 is 0. The van der Waals surface area contributed by atoms with Crippen LogP contribution in [0.25, 0.3) is 0 Å². The molecule has 1 aromatic carbocycles. The third-order valence-electron chi connectivity index (χ3n) is 6.33. The van der Waals surface area contributed by atoms with Crippen LogP contribution in [-0.2, 0) is 6.42 Å². The number of nitrogens with zero attached hydrogens (tertiary/aromatic N) is 6. The predicted molar refractivity (Wildman–Crippen MR) is 130 cm³/mol. The van der Waals surface area contributed by atoms with Crippen molar-refractivity contribution in [1.82, 2.24) is 24.8 Å². The lowest BCUT2D eigenvalue weighted by Crippen LogP contribution is -2.43. The molecule has 1 atom stereocenters. The van der Waals surface area contributed by atoms with Gasteiger partial charge in [-0.2, -0.15) is 5.10 Å². The maximum absolute atomic E-state index is 13.3. The first kappa shape index (κ1) is 23.8. The van der Waals surface area contributed by atoms with E-state index in [1.807, 2.05) is 35.2 Å². The molecule has 0 bridgehead atoms. The van der Waals surface area contributed by atoms with E-state index in [0.717, 1.165) is 37.2 Å². The Hall–Kier alpha value is -3.33. The van der Waals surface area contributed by atoms with E-state index in [-0.39, 0.29) is 18.0 Å². The van der Waals surface area contributed by atoms with Crippen molar-refractivity contribution in [2.24, 2.45) is 10.8 Å². The second-order valence-corrected chi connectivity index (χ2v) is 8.71. The van der Waals surface area contributed by atoms with Crippen LogP contribution in [-0.4, -0.2) is 75.7 Å². The number of hydrogen-bond acceptors (Lipinski definition) is 6. The van der Waals surface area contributed by atoms with Crippen LogP contribution in [0.4, 0.5) is 4.79 Å². The van der Waals surface area contributed by atoms with Crippen molar-refractivity contribution in [2.75, 3.05) is 32.7 Å². The minimum atomic E-state index is -0.142. The molecule has 1 fully saturated rings. The van der Waals surface area contributed by atoms with Gasteiger partial charge in [-0.05, 0) is 43.7 Å². The molecule has 2 N–H and O–H groups in total. The van der Waals surface area contributed by atoms with E-state index in [2.05, 4.69) is 15.1 Å². The zero-order valence-electron chi connectivity index (χ0n) is 19.6. The Balaban J connectivity index is 1.35. The van der Waals surface area contributed by atoms with Crippen molar-refractivity contribution in [2.45, 2.75) is 44.6 Å². The van der Waals surface area contributed by atoms with Crippen LogP contribution in [0.15, 0.2) is 47.8 Å². The van der Waals surface area contributed by atoms with Gasteiger partial charge in [-0.1, -0.05) is 30.3 Å². The van der Waals surface area contributed by atoms with Gasteiger partial charge in [0.2, 0.25) is 0 Å². The quantitative estimate of drug-likeness (QED) is 0.648. The van der Waals surface area contributed by atoms with Crippen LogP contribution in [0.1, 0.15) is 59.9 Å². The highest BCUT2D eigenvalue weighted by molar-refractivity contribution is 5.92. The van der Waals surface area contributed by atoms with Crippen molar-refractivity contribution >= 4 is 18.2 Å².